The molecule has 0 aliphatic carbocycles. The van der Waals surface area contributed by atoms with Crippen LogP contribution in [0, 0.1) is 15.9 Å². The normalized spacial score (nSPS) is 10.2. The molecule has 0 atom stereocenters. The Bertz CT molecular complexity index is 689. The minimum atomic E-state index is -0.780. The minimum Gasteiger partial charge on any atom is -0.348 e. The molecule has 0 fully saturated rings. The fourth-order valence-electron chi connectivity index (χ4n) is 1.73. The molecule has 7 heteroatoms. The Balaban J connectivity index is 2.13. The third-order valence-electron chi connectivity index (χ3n) is 2.77. The predicted molar refractivity (Wildman–Crippen MR) is 78.4 cm³/mol. The summed E-state index contributed by atoms with van der Waals surface area (Å²) in [6.45, 7) is 0.223. The first kappa shape index (κ1) is 15.1. The number of nitro benzene ring substituents is 1. The molecular weight excluding hydrogens is 343 g/mol. The zero-order chi connectivity index (χ0) is 15.4. The van der Waals surface area contributed by atoms with Crippen LogP contribution in [0.4, 0.5) is 10.1 Å². The van der Waals surface area contributed by atoms with Gasteiger partial charge in [-0.15, -0.1) is 0 Å². The molecule has 1 N–H and O–H groups in total. The van der Waals surface area contributed by atoms with Crippen LogP contribution in [0.15, 0.2) is 46.9 Å². The fourth-order valence-corrected chi connectivity index (χ4v) is 1.99. The molecule has 0 unspecified atom stereocenters. The third-order valence-corrected chi connectivity index (χ3v) is 3.30. The molecular formula is C14H10BrFN2O3. The molecule has 0 saturated heterocycles. The van der Waals surface area contributed by atoms with E-state index in [1.165, 1.54) is 0 Å². The van der Waals surface area contributed by atoms with Gasteiger partial charge in [0.25, 0.3) is 11.6 Å². The molecule has 0 spiro atoms. The standard InChI is InChI=1S/C14H10BrFN2O3/c15-10-3-1-9(2-4-10)8-17-14(19)12-6-5-11(16)7-13(12)18(20)21/h1-7H,8H2,(H,17,19). The Morgan fingerprint density at radius 3 is 2.52 bits per heavy atom. The average Bonchev–Trinajstić information content (AvgIpc) is 2.46. The van der Waals surface area contributed by atoms with Crippen LogP contribution in [0.25, 0.3) is 0 Å². The van der Waals surface area contributed by atoms with E-state index in [1.54, 1.807) is 0 Å². The summed E-state index contributed by atoms with van der Waals surface area (Å²) in [5.74, 6) is -1.38. The summed E-state index contributed by atoms with van der Waals surface area (Å²) in [6.07, 6.45) is 0. The monoisotopic (exact) mass is 352 g/mol. The van der Waals surface area contributed by atoms with Crippen LogP contribution in [-0.4, -0.2) is 10.8 Å². The molecule has 21 heavy (non-hydrogen) atoms. The second-order valence-corrected chi connectivity index (χ2v) is 5.14. The van der Waals surface area contributed by atoms with Gasteiger partial charge >= 0.3 is 0 Å². The molecule has 1 amide bonds. The number of carbonyl (C=O) groups is 1. The zero-order valence-corrected chi connectivity index (χ0v) is 12.3. The van der Waals surface area contributed by atoms with Gasteiger partial charge in [-0.1, -0.05) is 28.1 Å². The van der Waals surface area contributed by atoms with E-state index in [4.69, 9.17) is 0 Å². The van der Waals surface area contributed by atoms with Gasteiger partial charge in [-0.25, -0.2) is 4.39 Å². The van der Waals surface area contributed by atoms with Crippen molar-refractivity contribution >= 4 is 27.5 Å². The van der Waals surface area contributed by atoms with Gasteiger partial charge in [0.05, 0.1) is 11.0 Å². The Morgan fingerprint density at radius 1 is 1.24 bits per heavy atom. The van der Waals surface area contributed by atoms with Crippen LogP contribution in [0.3, 0.4) is 0 Å². The van der Waals surface area contributed by atoms with Crippen molar-refractivity contribution in [2.24, 2.45) is 0 Å². The number of halogens is 2. The van der Waals surface area contributed by atoms with E-state index in [2.05, 4.69) is 21.2 Å². The summed E-state index contributed by atoms with van der Waals surface area (Å²) in [4.78, 5) is 22.0. The largest absolute Gasteiger partial charge is 0.348 e. The van der Waals surface area contributed by atoms with Gasteiger partial charge in [-0.2, -0.15) is 0 Å². The Kier molecular flexibility index (Phi) is 4.64. The highest BCUT2D eigenvalue weighted by Gasteiger charge is 2.20. The topological polar surface area (TPSA) is 72.2 Å². The number of nitrogens with zero attached hydrogens (tertiary/aromatic N) is 1. The van der Waals surface area contributed by atoms with E-state index >= 15 is 0 Å². The Labute approximate surface area is 128 Å². The molecule has 0 aliphatic heterocycles. The van der Waals surface area contributed by atoms with Gasteiger partial charge in [0.15, 0.2) is 0 Å². The van der Waals surface area contributed by atoms with E-state index in [9.17, 15) is 19.3 Å². The minimum absolute atomic E-state index is 0.168. The van der Waals surface area contributed by atoms with Crippen molar-refractivity contribution in [2.75, 3.05) is 0 Å². The van der Waals surface area contributed by atoms with Crippen molar-refractivity contribution in [3.63, 3.8) is 0 Å². The van der Waals surface area contributed by atoms with E-state index in [0.717, 1.165) is 28.2 Å². The molecule has 0 aliphatic rings. The lowest BCUT2D eigenvalue weighted by Gasteiger charge is -2.06. The first-order valence-corrected chi connectivity index (χ1v) is 6.73. The summed E-state index contributed by atoms with van der Waals surface area (Å²) < 4.78 is 13.9. The second kappa shape index (κ2) is 6.45. The van der Waals surface area contributed by atoms with Crippen LogP contribution in [-0.2, 0) is 6.54 Å². The summed E-state index contributed by atoms with van der Waals surface area (Å²) in [5, 5.41) is 13.4. The highest BCUT2D eigenvalue weighted by molar-refractivity contribution is 9.10. The summed E-state index contributed by atoms with van der Waals surface area (Å²) in [5.41, 5.74) is 0.123. The lowest BCUT2D eigenvalue weighted by molar-refractivity contribution is -0.385. The molecule has 0 saturated carbocycles. The summed E-state index contributed by atoms with van der Waals surface area (Å²) in [6, 6.07) is 10.1. The van der Waals surface area contributed by atoms with Crippen LogP contribution in [0.5, 0.6) is 0 Å². The van der Waals surface area contributed by atoms with Crippen molar-refractivity contribution in [1.29, 1.82) is 0 Å². The lowest BCUT2D eigenvalue weighted by Crippen LogP contribution is -2.23. The number of nitro groups is 1. The molecule has 2 aromatic carbocycles. The van der Waals surface area contributed by atoms with Crippen molar-refractivity contribution in [1.82, 2.24) is 5.32 Å². The quantitative estimate of drug-likeness (QED) is 0.676. The van der Waals surface area contributed by atoms with Gasteiger partial charge in [0, 0.05) is 11.0 Å². The SMILES string of the molecule is O=C(NCc1ccc(Br)cc1)c1ccc(F)cc1[N+](=O)[O-]. The lowest BCUT2D eigenvalue weighted by atomic mass is 10.1. The Morgan fingerprint density at radius 2 is 1.90 bits per heavy atom. The number of carbonyl (C=O) groups excluding carboxylic acids is 1. The number of nitrogens with one attached hydrogen (secondary N) is 1. The van der Waals surface area contributed by atoms with Crippen molar-refractivity contribution < 1.29 is 14.1 Å². The van der Waals surface area contributed by atoms with Crippen molar-refractivity contribution in [3.05, 3.63) is 74.0 Å². The predicted octanol–water partition coefficient (Wildman–Crippen LogP) is 3.43. The van der Waals surface area contributed by atoms with Gasteiger partial charge < -0.3 is 5.32 Å². The number of hydrogen-bond donors (Lipinski definition) is 1. The van der Waals surface area contributed by atoms with E-state index in [1.807, 2.05) is 24.3 Å². The maximum atomic E-state index is 13.0. The van der Waals surface area contributed by atoms with Gasteiger partial charge in [-0.05, 0) is 29.8 Å². The first-order valence-electron chi connectivity index (χ1n) is 5.94. The van der Waals surface area contributed by atoms with Gasteiger partial charge in [0.2, 0.25) is 0 Å². The van der Waals surface area contributed by atoms with Gasteiger partial charge in [-0.3, -0.25) is 14.9 Å². The molecule has 0 radical (unpaired) electrons. The number of hydrogen-bond acceptors (Lipinski definition) is 3. The van der Waals surface area contributed by atoms with Crippen molar-refractivity contribution in [3.8, 4) is 0 Å². The third kappa shape index (κ3) is 3.85. The Hall–Kier alpha value is -2.28. The van der Waals surface area contributed by atoms with E-state index < -0.39 is 22.3 Å². The second-order valence-electron chi connectivity index (χ2n) is 4.23. The number of amides is 1. The number of rotatable bonds is 4. The maximum absolute atomic E-state index is 13.0. The van der Waals surface area contributed by atoms with E-state index in [0.29, 0.717) is 0 Å². The van der Waals surface area contributed by atoms with Crippen LogP contribution in [0.2, 0.25) is 0 Å². The van der Waals surface area contributed by atoms with Crippen LogP contribution < -0.4 is 5.32 Å². The van der Waals surface area contributed by atoms with E-state index in [-0.39, 0.29) is 12.1 Å². The molecule has 2 rings (SSSR count). The van der Waals surface area contributed by atoms with Crippen molar-refractivity contribution in [2.45, 2.75) is 6.54 Å². The molecule has 0 heterocycles. The number of benzene rings is 2. The molecule has 108 valence electrons. The summed E-state index contributed by atoms with van der Waals surface area (Å²) in [7, 11) is 0. The van der Waals surface area contributed by atoms with Crippen LogP contribution in [0.1, 0.15) is 15.9 Å². The average molecular weight is 353 g/mol. The first-order chi connectivity index (χ1) is 9.97. The maximum Gasteiger partial charge on any atom is 0.285 e. The van der Waals surface area contributed by atoms with Crippen LogP contribution >= 0.6 is 15.9 Å². The summed E-state index contributed by atoms with van der Waals surface area (Å²) >= 11 is 3.30. The molecule has 0 aromatic heterocycles. The molecule has 2 aromatic rings. The fraction of sp³-hybridized carbons (Fsp3) is 0.0714. The zero-order valence-electron chi connectivity index (χ0n) is 10.7. The highest BCUT2D eigenvalue weighted by Crippen LogP contribution is 2.19. The smallest absolute Gasteiger partial charge is 0.285 e. The molecule has 0 bridgehead atoms. The highest BCUT2D eigenvalue weighted by atomic mass is 79.9. The van der Waals surface area contributed by atoms with Gasteiger partial charge in [0.1, 0.15) is 11.4 Å². The molecule has 5 nitrogen and oxygen atoms in total.